The summed E-state index contributed by atoms with van der Waals surface area (Å²) in [5.74, 6) is -0.0702. The molecule has 26 heavy (non-hydrogen) atoms. The average molecular weight is 358 g/mol. The Morgan fingerprint density at radius 3 is 2.69 bits per heavy atom. The van der Waals surface area contributed by atoms with Crippen LogP contribution in [0.1, 0.15) is 30.6 Å². The minimum absolute atomic E-state index is 0.0395. The normalized spacial score (nSPS) is 11.8. The first-order valence-electron chi connectivity index (χ1n) is 8.70. The lowest BCUT2D eigenvalue weighted by molar-refractivity contribution is -0.123. The van der Waals surface area contributed by atoms with E-state index in [9.17, 15) is 9.59 Å². The summed E-state index contributed by atoms with van der Waals surface area (Å²) >= 11 is 0. The number of hydrogen-bond donors (Lipinski definition) is 2. The quantitative estimate of drug-likeness (QED) is 0.670. The number of aryl methyl sites for hydroxylation is 1. The molecule has 0 aliphatic rings. The number of ether oxygens (including phenoxy) is 1. The molecule has 0 aliphatic heterocycles. The summed E-state index contributed by atoms with van der Waals surface area (Å²) in [6, 6.07) is 6.34. The molecular weight excluding hydrogens is 332 g/mol. The summed E-state index contributed by atoms with van der Waals surface area (Å²) in [6.07, 6.45) is 6.13. The van der Waals surface area contributed by atoms with Crippen molar-refractivity contribution in [1.29, 1.82) is 0 Å². The summed E-state index contributed by atoms with van der Waals surface area (Å²) in [7, 11) is 1.51. The van der Waals surface area contributed by atoms with Gasteiger partial charge in [0.2, 0.25) is 5.91 Å². The number of carbonyl (C=O) groups is 2. The predicted octanol–water partition coefficient (Wildman–Crippen LogP) is 1.85. The van der Waals surface area contributed by atoms with E-state index in [2.05, 4.69) is 15.6 Å². The van der Waals surface area contributed by atoms with Gasteiger partial charge in [-0.05, 0) is 24.5 Å². The molecule has 1 atom stereocenters. The zero-order chi connectivity index (χ0) is 18.9. The SMILES string of the molecule is COc1ccccc1C(=O)NC(C(=O)NCCCn1ccnc1)C(C)C. The van der Waals surface area contributed by atoms with E-state index in [1.54, 1.807) is 36.8 Å². The van der Waals surface area contributed by atoms with Gasteiger partial charge in [-0.2, -0.15) is 0 Å². The number of methoxy groups -OCH3 is 1. The van der Waals surface area contributed by atoms with E-state index in [1.165, 1.54) is 7.11 Å². The third kappa shape index (κ3) is 5.34. The summed E-state index contributed by atoms with van der Waals surface area (Å²) in [5.41, 5.74) is 0.411. The fourth-order valence-electron chi connectivity index (χ4n) is 2.59. The number of rotatable bonds is 9. The number of hydrogen-bond acceptors (Lipinski definition) is 4. The third-order valence-electron chi connectivity index (χ3n) is 4.04. The molecule has 0 aliphatic carbocycles. The molecule has 0 saturated heterocycles. The molecule has 0 spiro atoms. The van der Waals surface area contributed by atoms with Gasteiger partial charge in [0, 0.05) is 25.5 Å². The van der Waals surface area contributed by atoms with Gasteiger partial charge in [0.05, 0.1) is 19.0 Å². The molecule has 2 aromatic rings. The number of benzene rings is 1. The Labute approximate surface area is 153 Å². The molecule has 0 radical (unpaired) electrons. The predicted molar refractivity (Wildman–Crippen MR) is 98.9 cm³/mol. The molecule has 2 rings (SSSR count). The number of nitrogens with one attached hydrogen (secondary N) is 2. The van der Waals surface area contributed by atoms with Gasteiger partial charge >= 0.3 is 0 Å². The van der Waals surface area contributed by atoms with Crippen molar-refractivity contribution in [2.24, 2.45) is 5.92 Å². The standard InChI is InChI=1S/C19H26N4O3/c1-14(2)17(19(25)21-9-6-11-23-12-10-20-13-23)22-18(24)15-7-4-5-8-16(15)26-3/h4-5,7-8,10,12-14,17H,6,9,11H2,1-3H3,(H,21,25)(H,22,24). The van der Waals surface area contributed by atoms with Crippen LogP contribution in [-0.2, 0) is 11.3 Å². The molecule has 7 heteroatoms. The van der Waals surface area contributed by atoms with Crippen LogP contribution in [0.15, 0.2) is 43.0 Å². The van der Waals surface area contributed by atoms with Crippen LogP contribution >= 0.6 is 0 Å². The smallest absolute Gasteiger partial charge is 0.255 e. The maximum atomic E-state index is 12.5. The monoisotopic (exact) mass is 358 g/mol. The summed E-state index contributed by atoms with van der Waals surface area (Å²) < 4.78 is 7.17. The molecule has 0 fully saturated rings. The second kappa shape index (κ2) is 9.60. The van der Waals surface area contributed by atoms with Gasteiger partial charge in [0.25, 0.3) is 5.91 Å². The van der Waals surface area contributed by atoms with Gasteiger partial charge in [-0.1, -0.05) is 26.0 Å². The molecule has 1 heterocycles. The van der Waals surface area contributed by atoms with Crippen LogP contribution in [0.25, 0.3) is 0 Å². The van der Waals surface area contributed by atoms with Crippen LogP contribution in [0.3, 0.4) is 0 Å². The Kier molecular flexibility index (Phi) is 7.20. The van der Waals surface area contributed by atoms with Crippen molar-refractivity contribution >= 4 is 11.8 Å². The van der Waals surface area contributed by atoms with E-state index in [0.29, 0.717) is 17.9 Å². The highest BCUT2D eigenvalue weighted by Gasteiger charge is 2.25. The summed E-state index contributed by atoms with van der Waals surface area (Å²) in [4.78, 5) is 29.0. The van der Waals surface area contributed by atoms with Crippen LogP contribution < -0.4 is 15.4 Å². The molecular formula is C19H26N4O3. The Morgan fingerprint density at radius 1 is 1.27 bits per heavy atom. The molecule has 7 nitrogen and oxygen atoms in total. The van der Waals surface area contributed by atoms with Crippen LogP contribution in [0.4, 0.5) is 0 Å². The highest BCUT2D eigenvalue weighted by Crippen LogP contribution is 2.17. The van der Waals surface area contributed by atoms with E-state index in [1.807, 2.05) is 24.6 Å². The Morgan fingerprint density at radius 2 is 2.04 bits per heavy atom. The lowest BCUT2D eigenvalue weighted by Gasteiger charge is -2.22. The average Bonchev–Trinajstić information content (AvgIpc) is 3.16. The Hall–Kier alpha value is -2.83. The van der Waals surface area contributed by atoms with Gasteiger partial charge in [0.1, 0.15) is 11.8 Å². The van der Waals surface area contributed by atoms with Crippen molar-refractivity contribution in [1.82, 2.24) is 20.2 Å². The van der Waals surface area contributed by atoms with Gasteiger partial charge in [-0.25, -0.2) is 4.98 Å². The second-order valence-electron chi connectivity index (χ2n) is 6.34. The summed E-state index contributed by atoms with van der Waals surface area (Å²) in [5, 5.41) is 5.71. The summed E-state index contributed by atoms with van der Waals surface area (Å²) in [6.45, 7) is 5.11. The van der Waals surface area contributed by atoms with Crippen LogP contribution in [0.2, 0.25) is 0 Å². The topological polar surface area (TPSA) is 85.2 Å². The molecule has 2 amide bonds. The first-order valence-corrected chi connectivity index (χ1v) is 8.70. The van der Waals surface area contributed by atoms with Crippen molar-refractivity contribution in [3.63, 3.8) is 0 Å². The first-order chi connectivity index (χ1) is 12.5. The number of nitrogens with zero attached hydrogens (tertiary/aromatic N) is 2. The lowest BCUT2D eigenvalue weighted by Crippen LogP contribution is -2.50. The lowest BCUT2D eigenvalue weighted by atomic mass is 10.0. The van der Waals surface area contributed by atoms with Crippen molar-refractivity contribution in [2.45, 2.75) is 32.9 Å². The Balaban J connectivity index is 1.90. The number of aromatic nitrogens is 2. The minimum atomic E-state index is -0.611. The first kappa shape index (κ1) is 19.5. The number of imidazole rings is 1. The molecule has 1 aromatic heterocycles. The molecule has 1 unspecified atom stereocenters. The maximum absolute atomic E-state index is 12.5. The molecule has 2 N–H and O–H groups in total. The van der Waals surface area contributed by atoms with E-state index in [0.717, 1.165) is 13.0 Å². The van der Waals surface area contributed by atoms with E-state index in [-0.39, 0.29) is 17.7 Å². The maximum Gasteiger partial charge on any atom is 0.255 e. The van der Waals surface area contributed by atoms with E-state index in [4.69, 9.17) is 4.74 Å². The van der Waals surface area contributed by atoms with Gasteiger partial charge in [-0.3, -0.25) is 9.59 Å². The molecule has 0 saturated carbocycles. The van der Waals surface area contributed by atoms with Crippen molar-refractivity contribution < 1.29 is 14.3 Å². The molecule has 1 aromatic carbocycles. The fourth-order valence-corrected chi connectivity index (χ4v) is 2.59. The van der Waals surface area contributed by atoms with Gasteiger partial charge in [0.15, 0.2) is 0 Å². The van der Waals surface area contributed by atoms with Crippen LogP contribution in [0, 0.1) is 5.92 Å². The van der Waals surface area contributed by atoms with Crippen LogP contribution in [-0.4, -0.2) is 41.1 Å². The number of carbonyl (C=O) groups excluding carboxylic acids is 2. The van der Waals surface area contributed by atoms with E-state index < -0.39 is 6.04 Å². The fraction of sp³-hybridized carbons (Fsp3) is 0.421. The van der Waals surface area contributed by atoms with Gasteiger partial charge in [-0.15, -0.1) is 0 Å². The highest BCUT2D eigenvalue weighted by molar-refractivity contribution is 5.99. The van der Waals surface area contributed by atoms with Crippen molar-refractivity contribution in [3.8, 4) is 5.75 Å². The number of amides is 2. The molecule has 140 valence electrons. The van der Waals surface area contributed by atoms with Crippen LogP contribution in [0.5, 0.6) is 5.75 Å². The highest BCUT2D eigenvalue weighted by atomic mass is 16.5. The van der Waals surface area contributed by atoms with Gasteiger partial charge < -0.3 is 19.9 Å². The Bertz CT molecular complexity index is 713. The zero-order valence-electron chi connectivity index (χ0n) is 15.4. The number of para-hydroxylation sites is 1. The van der Waals surface area contributed by atoms with Crippen molar-refractivity contribution in [2.75, 3.05) is 13.7 Å². The third-order valence-corrected chi connectivity index (χ3v) is 4.04. The zero-order valence-corrected chi connectivity index (χ0v) is 15.4. The second-order valence-corrected chi connectivity index (χ2v) is 6.34. The molecule has 0 bridgehead atoms. The van der Waals surface area contributed by atoms with E-state index >= 15 is 0 Å². The minimum Gasteiger partial charge on any atom is -0.496 e. The van der Waals surface area contributed by atoms with Crippen molar-refractivity contribution in [3.05, 3.63) is 48.5 Å². The largest absolute Gasteiger partial charge is 0.496 e.